The lowest BCUT2D eigenvalue weighted by atomic mass is 10.1. The fraction of sp³-hybridized carbons (Fsp3) is 0.136. The van der Waals surface area contributed by atoms with E-state index < -0.39 is 0 Å². The molecule has 0 unspecified atom stereocenters. The lowest BCUT2D eigenvalue weighted by Crippen LogP contribution is -2.42. The van der Waals surface area contributed by atoms with Crippen molar-refractivity contribution in [1.29, 1.82) is 0 Å². The van der Waals surface area contributed by atoms with E-state index in [1.54, 1.807) is 70.9 Å². The van der Waals surface area contributed by atoms with Crippen LogP contribution in [0.1, 0.15) is 22.8 Å². The molecule has 3 N–H and O–H groups in total. The Balaban J connectivity index is 1.75. The minimum atomic E-state index is -0.271. The van der Waals surface area contributed by atoms with Crippen molar-refractivity contribution in [2.45, 2.75) is 13.5 Å². The summed E-state index contributed by atoms with van der Waals surface area (Å²) in [6, 6.07) is 17.7. The van der Waals surface area contributed by atoms with Crippen LogP contribution >= 0.6 is 0 Å². The van der Waals surface area contributed by atoms with Crippen molar-refractivity contribution < 1.29 is 9.59 Å². The van der Waals surface area contributed by atoms with E-state index in [1.807, 2.05) is 19.2 Å². The number of nitrogens with one attached hydrogen (secondary N) is 1. The van der Waals surface area contributed by atoms with Crippen molar-refractivity contribution in [1.82, 2.24) is 9.99 Å². The van der Waals surface area contributed by atoms with Gasteiger partial charge in [0, 0.05) is 38.5 Å². The monoisotopic (exact) mass is 389 g/mol. The highest BCUT2D eigenvalue weighted by Gasteiger charge is 2.18. The van der Waals surface area contributed by atoms with Crippen LogP contribution in [0.5, 0.6) is 0 Å². The van der Waals surface area contributed by atoms with Gasteiger partial charge in [-0.1, -0.05) is 18.2 Å². The Morgan fingerprint density at radius 3 is 2.38 bits per heavy atom. The van der Waals surface area contributed by atoms with E-state index in [9.17, 15) is 9.59 Å². The molecule has 7 nitrogen and oxygen atoms in total. The zero-order valence-corrected chi connectivity index (χ0v) is 16.4. The maximum absolute atomic E-state index is 12.5. The van der Waals surface area contributed by atoms with Crippen molar-refractivity contribution in [3.05, 3.63) is 84.2 Å². The molecule has 0 saturated carbocycles. The molecule has 0 aliphatic rings. The maximum atomic E-state index is 12.5. The van der Waals surface area contributed by atoms with Gasteiger partial charge < -0.3 is 11.1 Å². The summed E-state index contributed by atoms with van der Waals surface area (Å²) in [5.74, 6) is -0.404. The lowest BCUT2D eigenvalue weighted by molar-refractivity contribution is -0.119. The zero-order valence-electron chi connectivity index (χ0n) is 16.4. The fourth-order valence-corrected chi connectivity index (χ4v) is 3.01. The van der Waals surface area contributed by atoms with E-state index in [0.29, 0.717) is 29.2 Å². The van der Waals surface area contributed by atoms with Crippen LogP contribution in [0.3, 0.4) is 0 Å². The Hall–Kier alpha value is -3.71. The first kappa shape index (κ1) is 20.0. The van der Waals surface area contributed by atoms with E-state index in [2.05, 4.69) is 10.3 Å². The third-order valence-electron chi connectivity index (χ3n) is 4.36. The van der Waals surface area contributed by atoms with Gasteiger partial charge in [-0.05, 0) is 48.0 Å². The number of nitrogen functional groups attached to an aromatic ring is 1. The van der Waals surface area contributed by atoms with E-state index in [-0.39, 0.29) is 11.8 Å². The second-order valence-corrected chi connectivity index (χ2v) is 6.60. The summed E-state index contributed by atoms with van der Waals surface area (Å²) in [4.78, 5) is 28.8. The second kappa shape index (κ2) is 8.99. The van der Waals surface area contributed by atoms with Crippen LogP contribution in [0.4, 0.5) is 17.1 Å². The van der Waals surface area contributed by atoms with Gasteiger partial charge in [-0.3, -0.25) is 14.6 Å². The largest absolute Gasteiger partial charge is 0.397 e. The average Bonchev–Trinajstić information content (AvgIpc) is 2.71. The molecule has 0 bridgehead atoms. The van der Waals surface area contributed by atoms with Crippen LogP contribution in [-0.2, 0) is 11.3 Å². The van der Waals surface area contributed by atoms with Crippen molar-refractivity contribution in [2.24, 2.45) is 0 Å². The van der Waals surface area contributed by atoms with Crippen LogP contribution in [0, 0.1) is 0 Å². The Morgan fingerprint density at radius 2 is 1.76 bits per heavy atom. The molecule has 7 heteroatoms. The molecule has 0 saturated heterocycles. The number of aromatic nitrogens is 1. The zero-order chi connectivity index (χ0) is 20.8. The number of carbonyl (C=O) groups is 2. The number of nitrogens with two attached hydrogens (primary N) is 1. The van der Waals surface area contributed by atoms with Crippen LogP contribution in [0.25, 0.3) is 0 Å². The molecule has 0 aliphatic heterocycles. The van der Waals surface area contributed by atoms with E-state index >= 15 is 0 Å². The van der Waals surface area contributed by atoms with Crippen molar-refractivity contribution in [2.75, 3.05) is 23.1 Å². The Bertz CT molecular complexity index is 990. The molecule has 1 aromatic heterocycles. The van der Waals surface area contributed by atoms with Gasteiger partial charge in [0.05, 0.1) is 17.1 Å². The number of benzene rings is 2. The highest BCUT2D eigenvalue weighted by Crippen LogP contribution is 2.21. The molecule has 1 heterocycles. The SMILES string of the molecule is CC(=O)N(c1ccc(C(=O)Nc2ccccc2N)cc1)N(C)Cc1cccnc1. The minimum absolute atomic E-state index is 0.134. The number of rotatable bonds is 6. The third kappa shape index (κ3) is 4.97. The van der Waals surface area contributed by atoms with Crippen molar-refractivity contribution in [3.63, 3.8) is 0 Å². The van der Waals surface area contributed by atoms with Crippen molar-refractivity contribution >= 4 is 28.9 Å². The molecule has 29 heavy (non-hydrogen) atoms. The van der Waals surface area contributed by atoms with Gasteiger partial charge in [-0.15, -0.1) is 0 Å². The molecule has 3 rings (SSSR count). The van der Waals surface area contributed by atoms with Gasteiger partial charge in [0.25, 0.3) is 5.91 Å². The molecule has 148 valence electrons. The van der Waals surface area contributed by atoms with Gasteiger partial charge in [0.1, 0.15) is 0 Å². The molecule has 3 aromatic rings. The highest BCUT2D eigenvalue weighted by molar-refractivity contribution is 6.06. The highest BCUT2D eigenvalue weighted by atomic mass is 16.2. The number of amides is 2. The van der Waals surface area contributed by atoms with E-state index in [4.69, 9.17) is 5.73 Å². The van der Waals surface area contributed by atoms with Gasteiger partial charge in [-0.2, -0.15) is 0 Å². The topological polar surface area (TPSA) is 91.6 Å². The molecule has 0 spiro atoms. The number of carbonyl (C=O) groups excluding carboxylic acids is 2. The van der Waals surface area contributed by atoms with E-state index in [0.717, 1.165) is 5.56 Å². The Kier molecular flexibility index (Phi) is 6.21. The first-order chi connectivity index (χ1) is 14.0. The normalized spacial score (nSPS) is 10.6. The van der Waals surface area contributed by atoms with Crippen molar-refractivity contribution in [3.8, 4) is 0 Å². The van der Waals surface area contributed by atoms with Gasteiger partial charge in [0.15, 0.2) is 0 Å². The molecular weight excluding hydrogens is 366 g/mol. The molecule has 0 atom stereocenters. The quantitative estimate of drug-likeness (QED) is 0.498. The molecule has 0 fully saturated rings. The second-order valence-electron chi connectivity index (χ2n) is 6.60. The molecular formula is C22H23N5O2. The first-order valence-electron chi connectivity index (χ1n) is 9.12. The summed E-state index contributed by atoms with van der Waals surface area (Å²) >= 11 is 0. The standard InChI is InChI=1S/C22H23N5O2/c1-16(28)27(26(2)15-17-6-5-13-24-14-17)19-11-9-18(10-12-19)22(29)25-21-8-4-3-7-20(21)23/h3-14H,15,23H2,1-2H3,(H,25,29). The van der Waals surface area contributed by atoms with Crippen LogP contribution in [-0.4, -0.2) is 28.9 Å². The predicted octanol–water partition coefficient (Wildman–Crippen LogP) is 3.32. The van der Waals surface area contributed by atoms with Crippen LogP contribution in [0.2, 0.25) is 0 Å². The van der Waals surface area contributed by atoms with Crippen LogP contribution < -0.4 is 16.1 Å². The summed E-state index contributed by atoms with van der Waals surface area (Å²) in [7, 11) is 1.83. The molecule has 0 aliphatic carbocycles. The number of nitrogens with zero attached hydrogens (tertiary/aromatic N) is 3. The number of hydrazine groups is 1. The lowest BCUT2D eigenvalue weighted by Gasteiger charge is -2.31. The predicted molar refractivity (Wildman–Crippen MR) is 114 cm³/mol. The summed E-state index contributed by atoms with van der Waals surface area (Å²) in [6.07, 6.45) is 3.47. The summed E-state index contributed by atoms with van der Waals surface area (Å²) < 4.78 is 0. The van der Waals surface area contributed by atoms with Gasteiger partial charge in [-0.25, -0.2) is 10.0 Å². The maximum Gasteiger partial charge on any atom is 0.255 e. The number of para-hydroxylation sites is 2. The van der Waals surface area contributed by atoms with Gasteiger partial charge in [0.2, 0.25) is 5.91 Å². The summed E-state index contributed by atoms with van der Waals surface area (Å²) in [6.45, 7) is 2.02. The number of hydrogen-bond acceptors (Lipinski definition) is 5. The number of anilines is 3. The smallest absolute Gasteiger partial charge is 0.255 e. The van der Waals surface area contributed by atoms with E-state index in [1.165, 1.54) is 6.92 Å². The van der Waals surface area contributed by atoms with Crippen LogP contribution in [0.15, 0.2) is 73.1 Å². The average molecular weight is 389 g/mol. The third-order valence-corrected chi connectivity index (χ3v) is 4.36. The fourth-order valence-electron chi connectivity index (χ4n) is 3.01. The number of pyridine rings is 1. The summed E-state index contributed by atoms with van der Waals surface area (Å²) in [5, 5.41) is 6.16. The molecule has 0 radical (unpaired) electrons. The molecule has 2 aromatic carbocycles. The Labute approximate surface area is 169 Å². The Morgan fingerprint density at radius 1 is 1.03 bits per heavy atom. The first-order valence-corrected chi connectivity index (χ1v) is 9.12. The summed E-state index contributed by atoms with van der Waals surface area (Å²) in [5.41, 5.74) is 9.05. The number of hydrogen-bond donors (Lipinski definition) is 2. The molecule has 2 amide bonds. The van der Waals surface area contributed by atoms with Gasteiger partial charge >= 0.3 is 0 Å². The minimum Gasteiger partial charge on any atom is -0.397 e.